The minimum Gasteiger partial charge on any atom is -0.469 e. The van der Waals surface area contributed by atoms with Gasteiger partial charge in [-0.3, -0.25) is 4.79 Å². The summed E-state index contributed by atoms with van der Waals surface area (Å²) in [5.74, 6) is 0.514. The van der Waals surface area contributed by atoms with E-state index in [1.54, 1.807) is 0 Å². The second kappa shape index (κ2) is 8.27. The van der Waals surface area contributed by atoms with E-state index in [4.69, 9.17) is 4.74 Å². The van der Waals surface area contributed by atoms with Gasteiger partial charge in [0.25, 0.3) is 0 Å². The fourth-order valence-corrected chi connectivity index (χ4v) is 8.82. The Bertz CT molecular complexity index is 683. The zero-order valence-corrected chi connectivity index (χ0v) is 19.5. The van der Waals surface area contributed by atoms with Crippen molar-refractivity contribution in [1.29, 1.82) is 0 Å². The van der Waals surface area contributed by atoms with Crippen LogP contribution in [0.5, 0.6) is 0 Å². The minimum atomic E-state index is -0.823. The average Bonchev–Trinajstić information content (AvgIpc) is 3.10. The van der Waals surface area contributed by atoms with Gasteiger partial charge in [-0.15, -0.1) is 0 Å². The van der Waals surface area contributed by atoms with Crippen molar-refractivity contribution in [3.63, 3.8) is 0 Å². The quantitative estimate of drug-likeness (QED) is 0.503. The van der Waals surface area contributed by atoms with Gasteiger partial charge in [0.2, 0.25) is 0 Å². The molecule has 4 rings (SSSR count). The van der Waals surface area contributed by atoms with Crippen LogP contribution in [0.3, 0.4) is 0 Å². The molecule has 0 spiro atoms. The molecule has 4 aliphatic rings. The number of ether oxygens (including phenoxy) is 1. The molecule has 0 amide bonds. The van der Waals surface area contributed by atoms with Crippen molar-refractivity contribution in [1.82, 2.24) is 0 Å². The van der Waals surface area contributed by atoms with Gasteiger partial charge < -0.3 is 25.2 Å². The molecule has 0 saturated heterocycles. The van der Waals surface area contributed by atoms with Crippen LogP contribution in [0.15, 0.2) is 0 Å². The lowest BCUT2D eigenvalue weighted by Gasteiger charge is -2.64. The first-order chi connectivity index (χ1) is 14.6. The standard InChI is InChI=1S/C25H42O6/c1-13(5-8-20(28)31-4)15-6-7-16-21-17(12-19(27)25(15,16)3)24(2)10-9-14(26)11-18(24)22(29)23(21)30/h13-19,21-23,26-27,29-30H,5-12H2,1-4H3/t13-,14-,15+,16-,17+,18+,19-,21+,22-,23+,24+,25+/m0/s1. The zero-order chi connectivity index (χ0) is 22.7. The number of fused-ring (bicyclic) bond motifs is 5. The number of hydrogen-bond donors (Lipinski definition) is 4. The van der Waals surface area contributed by atoms with E-state index in [2.05, 4.69) is 20.8 Å². The predicted molar refractivity (Wildman–Crippen MR) is 116 cm³/mol. The number of aliphatic hydroxyl groups is 4. The molecule has 0 aliphatic heterocycles. The highest BCUT2D eigenvalue weighted by Crippen LogP contribution is 2.68. The molecule has 4 N–H and O–H groups in total. The van der Waals surface area contributed by atoms with Crippen molar-refractivity contribution in [3.05, 3.63) is 0 Å². The van der Waals surface area contributed by atoms with Crippen LogP contribution >= 0.6 is 0 Å². The summed E-state index contributed by atoms with van der Waals surface area (Å²) in [5, 5.41) is 44.2. The molecule has 0 bridgehead atoms. The number of carbonyl (C=O) groups excluding carboxylic acids is 1. The van der Waals surface area contributed by atoms with Crippen molar-refractivity contribution in [2.75, 3.05) is 7.11 Å². The van der Waals surface area contributed by atoms with Crippen LogP contribution in [0.4, 0.5) is 0 Å². The van der Waals surface area contributed by atoms with Crippen LogP contribution in [-0.4, -0.2) is 57.9 Å². The second-order valence-electron chi connectivity index (χ2n) is 11.7. The topological polar surface area (TPSA) is 107 Å². The molecule has 12 atom stereocenters. The van der Waals surface area contributed by atoms with Gasteiger partial charge in [0.05, 0.1) is 31.5 Å². The van der Waals surface area contributed by atoms with Crippen LogP contribution < -0.4 is 0 Å². The van der Waals surface area contributed by atoms with Gasteiger partial charge in [-0.25, -0.2) is 0 Å². The van der Waals surface area contributed by atoms with Gasteiger partial charge in [-0.2, -0.15) is 0 Å². The monoisotopic (exact) mass is 438 g/mol. The number of rotatable bonds is 4. The zero-order valence-electron chi connectivity index (χ0n) is 19.5. The number of carbonyl (C=O) groups is 1. The molecule has 4 saturated carbocycles. The fourth-order valence-electron chi connectivity index (χ4n) is 8.82. The molecule has 6 nitrogen and oxygen atoms in total. The molecule has 0 heterocycles. The Balaban J connectivity index is 1.61. The van der Waals surface area contributed by atoms with E-state index in [1.165, 1.54) is 7.11 Å². The molecule has 4 fully saturated rings. The SMILES string of the molecule is COC(=O)CC[C@H](C)[C@H]1CC[C@H]2[C@H]3[C@@H](O)[C@@H](O)[C@H]4C[C@@H](O)CC[C@]4(C)[C@@H]3C[C@H](O)[C@]12C. The van der Waals surface area contributed by atoms with Crippen LogP contribution in [0, 0.1) is 46.3 Å². The van der Waals surface area contributed by atoms with E-state index >= 15 is 0 Å². The lowest BCUT2D eigenvalue weighted by Crippen LogP contribution is -2.66. The Hall–Kier alpha value is -0.690. The largest absolute Gasteiger partial charge is 0.469 e. The van der Waals surface area contributed by atoms with E-state index in [9.17, 15) is 25.2 Å². The van der Waals surface area contributed by atoms with Gasteiger partial charge in [0.1, 0.15) is 0 Å². The smallest absolute Gasteiger partial charge is 0.305 e. The Labute approximate surface area is 186 Å². The van der Waals surface area contributed by atoms with Gasteiger partial charge >= 0.3 is 5.97 Å². The summed E-state index contributed by atoms with van der Waals surface area (Å²) < 4.78 is 4.81. The number of hydrogen-bond acceptors (Lipinski definition) is 6. The van der Waals surface area contributed by atoms with Crippen LogP contribution in [-0.2, 0) is 9.53 Å². The molecule has 0 radical (unpaired) electrons. The fraction of sp³-hybridized carbons (Fsp3) is 0.960. The highest BCUT2D eigenvalue weighted by molar-refractivity contribution is 5.69. The first kappa shape index (κ1) is 23.5. The number of methoxy groups -OCH3 is 1. The van der Waals surface area contributed by atoms with Gasteiger partial charge in [0, 0.05) is 6.42 Å². The van der Waals surface area contributed by atoms with Gasteiger partial charge in [-0.05, 0) is 91.3 Å². The molecule has 178 valence electrons. The second-order valence-corrected chi connectivity index (χ2v) is 11.7. The summed E-state index contributed by atoms with van der Waals surface area (Å²) in [5.41, 5.74) is -0.492. The first-order valence-electron chi connectivity index (χ1n) is 12.3. The third-order valence-corrected chi connectivity index (χ3v) is 10.6. The van der Waals surface area contributed by atoms with Gasteiger partial charge in [-0.1, -0.05) is 20.8 Å². The Morgan fingerprint density at radius 1 is 1.00 bits per heavy atom. The molecule has 0 unspecified atom stereocenters. The van der Waals surface area contributed by atoms with Crippen molar-refractivity contribution in [3.8, 4) is 0 Å². The lowest BCUT2D eigenvalue weighted by atomic mass is 9.42. The van der Waals surface area contributed by atoms with E-state index < -0.39 is 24.4 Å². The van der Waals surface area contributed by atoms with E-state index in [1.807, 2.05) is 0 Å². The maximum Gasteiger partial charge on any atom is 0.305 e. The van der Waals surface area contributed by atoms with E-state index in [0.29, 0.717) is 19.3 Å². The maximum absolute atomic E-state index is 11.7. The van der Waals surface area contributed by atoms with Gasteiger partial charge in [0.15, 0.2) is 0 Å². The molecular formula is C25H42O6. The van der Waals surface area contributed by atoms with Crippen molar-refractivity contribution in [2.45, 2.75) is 96.6 Å². The van der Waals surface area contributed by atoms with Crippen LogP contribution in [0.25, 0.3) is 0 Å². The maximum atomic E-state index is 11.7. The first-order valence-corrected chi connectivity index (χ1v) is 12.3. The normalized spacial score (nSPS) is 52.6. The summed E-state index contributed by atoms with van der Waals surface area (Å²) in [7, 11) is 1.42. The predicted octanol–water partition coefficient (Wildman–Crippen LogP) is 2.51. The summed E-state index contributed by atoms with van der Waals surface area (Å²) in [6.07, 6.45) is 3.27. The molecule has 0 aromatic rings. The number of aliphatic hydroxyl groups excluding tert-OH is 4. The molecular weight excluding hydrogens is 396 g/mol. The Morgan fingerprint density at radius 3 is 2.39 bits per heavy atom. The van der Waals surface area contributed by atoms with Crippen LogP contribution in [0.1, 0.15) is 72.1 Å². The molecule has 4 aliphatic carbocycles. The highest BCUT2D eigenvalue weighted by Gasteiger charge is 2.67. The number of esters is 1. The van der Waals surface area contributed by atoms with E-state index in [-0.39, 0.29) is 52.3 Å². The molecule has 0 aromatic carbocycles. The molecule has 31 heavy (non-hydrogen) atoms. The minimum absolute atomic E-state index is 0.0299. The third-order valence-electron chi connectivity index (χ3n) is 10.6. The summed E-state index contributed by atoms with van der Waals surface area (Å²) in [4.78, 5) is 11.7. The van der Waals surface area contributed by atoms with Crippen molar-refractivity contribution in [2.24, 2.45) is 46.3 Å². The summed E-state index contributed by atoms with van der Waals surface area (Å²) in [6.45, 7) is 6.58. The Kier molecular flexibility index (Phi) is 6.26. The van der Waals surface area contributed by atoms with E-state index in [0.717, 1.165) is 32.1 Å². The molecule has 6 heteroatoms. The summed E-state index contributed by atoms with van der Waals surface area (Å²) in [6, 6.07) is 0. The molecule has 0 aromatic heterocycles. The highest BCUT2D eigenvalue weighted by atomic mass is 16.5. The van der Waals surface area contributed by atoms with Crippen molar-refractivity contribution < 1.29 is 30.0 Å². The Morgan fingerprint density at radius 2 is 1.71 bits per heavy atom. The van der Waals surface area contributed by atoms with Crippen molar-refractivity contribution >= 4 is 5.97 Å². The average molecular weight is 439 g/mol. The third kappa shape index (κ3) is 3.48. The van der Waals surface area contributed by atoms with Crippen LogP contribution in [0.2, 0.25) is 0 Å². The summed E-state index contributed by atoms with van der Waals surface area (Å²) >= 11 is 0. The lowest BCUT2D eigenvalue weighted by molar-refractivity contribution is -0.243.